The highest BCUT2D eigenvalue weighted by Gasteiger charge is 2.17. The highest BCUT2D eigenvalue weighted by atomic mass is 79.9. The first kappa shape index (κ1) is 12.0. The summed E-state index contributed by atoms with van der Waals surface area (Å²) in [6, 6.07) is 7.27. The fourth-order valence-electron chi connectivity index (χ4n) is 1.12. The molecule has 0 aliphatic heterocycles. The summed E-state index contributed by atoms with van der Waals surface area (Å²) in [6.07, 6.45) is 0. The molecule has 0 aliphatic rings. The van der Waals surface area contributed by atoms with Crippen LogP contribution in [0.25, 0.3) is 0 Å². The van der Waals surface area contributed by atoms with Gasteiger partial charge in [0.25, 0.3) is 0 Å². The van der Waals surface area contributed by atoms with Gasteiger partial charge in [-0.25, -0.2) is 0 Å². The van der Waals surface area contributed by atoms with Gasteiger partial charge in [0.1, 0.15) is 10.6 Å². The molecule has 0 heterocycles. The Morgan fingerprint density at radius 3 is 2.47 bits per heavy atom. The van der Waals surface area contributed by atoms with Crippen molar-refractivity contribution >= 4 is 21.9 Å². The van der Waals surface area contributed by atoms with Crippen LogP contribution in [0.1, 0.15) is 17.3 Å². The Labute approximate surface area is 97.5 Å². The average molecular weight is 273 g/mol. The normalized spacial score (nSPS) is 11.9. The van der Waals surface area contributed by atoms with E-state index >= 15 is 0 Å². The number of rotatable bonds is 4. The van der Waals surface area contributed by atoms with Gasteiger partial charge in [-0.15, -0.1) is 0 Å². The number of hydrogen-bond acceptors (Lipinski definition) is 3. The number of benzene rings is 1. The molecule has 0 aliphatic carbocycles. The molecule has 15 heavy (non-hydrogen) atoms. The van der Waals surface area contributed by atoms with E-state index < -0.39 is 4.83 Å². The van der Waals surface area contributed by atoms with E-state index in [4.69, 9.17) is 9.47 Å². The van der Waals surface area contributed by atoms with E-state index in [-0.39, 0.29) is 5.97 Å². The molecule has 82 valence electrons. The van der Waals surface area contributed by atoms with E-state index in [1.54, 1.807) is 14.0 Å². The Morgan fingerprint density at radius 2 is 2.00 bits per heavy atom. The minimum atomic E-state index is -0.414. The monoisotopic (exact) mass is 272 g/mol. The second kappa shape index (κ2) is 5.75. The fourth-order valence-corrected chi connectivity index (χ4v) is 1.56. The van der Waals surface area contributed by atoms with E-state index in [2.05, 4.69) is 15.9 Å². The first-order chi connectivity index (χ1) is 7.19. The van der Waals surface area contributed by atoms with Crippen molar-refractivity contribution in [3.05, 3.63) is 29.8 Å². The Hall–Kier alpha value is -1.03. The first-order valence-corrected chi connectivity index (χ1v) is 5.55. The summed E-state index contributed by atoms with van der Waals surface area (Å²) in [6.45, 7) is 2.17. The maximum absolute atomic E-state index is 11.4. The molecule has 3 nitrogen and oxygen atoms in total. The van der Waals surface area contributed by atoms with Gasteiger partial charge in [-0.2, -0.15) is 0 Å². The lowest BCUT2D eigenvalue weighted by atomic mass is 10.1. The Kier molecular flexibility index (Phi) is 4.62. The second-order valence-electron chi connectivity index (χ2n) is 2.89. The number of alkyl halides is 1. The summed E-state index contributed by atoms with van der Waals surface area (Å²) >= 11 is 3.28. The van der Waals surface area contributed by atoms with Gasteiger partial charge in [0.15, 0.2) is 0 Å². The summed E-state index contributed by atoms with van der Waals surface area (Å²) < 4.78 is 9.92. The zero-order valence-corrected chi connectivity index (χ0v) is 10.3. The molecule has 0 amide bonds. The molecular formula is C11H13BrO3. The number of ether oxygens (including phenoxy) is 2. The molecule has 0 unspecified atom stereocenters. The highest BCUT2D eigenvalue weighted by Crippen LogP contribution is 2.25. The van der Waals surface area contributed by atoms with E-state index in [1.807, 2.05) is 24.3 Å². The molecule has 0 saturated carbocycles. The predicted molar refractivity (Wildman–Crippen MR) is 61.3 cm³/mol. The molecular weight excluding hydrogens is 260 g/mol. The lowest BCUT2D eigenvalue weighted by molar-refractivity contribution is -0.142. The summed E-state index contributed by atoms with van der Waals surface area (Å²) in [4.78, 5) is 11.0. The average Bonchev–Trinajstić information content (AvgIpc) is 2.28. The smallest absolute Gasteiger partial charge is 0.324 e. The number of hydrogen-bond donors (Lipinski definition) is 0. The van der Waals surface area contributed by atoms with E-state index in [0.717, 1.165) is 11.3 Å². The highest BCUT2D eigenvalue weighted by molar-refractivity contribution is 9.09. The fraction of sp³-hybridized carbons (Fsp3) is 0.364. The minimum Gasteiger partial charge on any atom is -0.497 e. The largest absolute Gasteiger partial charge is 0.497 e. The number of halogens is 1. The van der Waals surface area contributed by atoms with E-state index in [1.165, 1.54) is 0 Å². The van der Waals surface area contributed by atoms with Gasteiger partial charge in [-0.05, 0) is 24.6 Å². The van der Waals surface area contributed by atoms with Crippen LogP contribution in [0.4, 0.5) is 0 Å². The van der Waals surface area contributed by atoms with Crippen molar-refractivity contribution in [2.24, 2.45) is 0 Å². The minimum absolute atomic E-state index is 0.275. The summed E-state index contributed by atoms with van der Waals surface area (Å²) in [7, 11) is 1.60. The topological polar surface area (TPSA) is 35.5 Å². The van der Waals surface area contributed by atoms with Crippen molar-refractivity contribution in [2.45, 2.75) is 11.8 Å². The number of carbonyl (C=O) groups excluding carboxylic acids is 1. The van der Waals surface area contributed by atoms with Crippen LogP contribution in [0.5, 0.6) is 5.75 Å². The molecule has 0 fully saturated rings. The van der Waals surface area contributed by atoms with Gasteiger partial charge in [0.05, 0.1) is 13.7 Å². The van der Waals surface area contributed by atoms with Gasteiger partial charge in [-0.1, -0.05) is 28.1 Å². The number of methoxy groups -OCH3 is 1. The molecule has 1 rings (SSSR count). The molecule has 1 atom stereocenters. The maximum Gasteiger partial charge on any atom is 0.324 e. The Balaban J connectivity index is 2.73. The molecule has 1 aromatic rings. The zero-order valence-electron chi connectivity index (χ0n) is 8.70. The second-order valence-corrected chi connectivity index (χ2v) is 3.80. The van der Waals surface area contributed by atoms with Crippen LogP contribution in [0.3, 0.4) is 0 Å². The van der Waals surface area contributed by atoms with Crippen molar-refractivity contribution in [3.63, 3.8) is 0 Å². The summed E-state index contributed by atoms with van der Waals surface area (Å²) in [5.41, 5.74) is 0.856. The van der Waals surface area contributed by atoms with Crippen LogP contribution in [0, 0.1) is 0 Å². The van der Waals surface area contributed by atoms with E-state index in [0.29, 0.717) is 6.61 Å². The molecule has 0 radical (unpaired) electrons. The predicted octanol–water partition coefficient (Wildman–Crippen LogP) is 2.69. The van der Waals surface area contributed by atoms with Crippen molar-refractivity contribution in [2.75, 3.05) is 13.7 Å². The first-order valence-electron chi connectivity index (χ1n) is 4.63. The van der Waals surface area contributed by atoms with Gasteiger partial charge in [0, 0.05) is 0 Å². The molecule has 0 saturated heterocycles. The van der Waals surface area contributed by atoms with Gasteiger partial charge >= 0.3 is 5.97 Å². The third-order valence-electron chi connectivity index (χ3n) is 1.90. The summed E-state index contributed by atoms with van der Waals surface area (Å²) in [5.74, 6) is 0.491. The van der Waals surface area contributed by atoms with Gasteiger partial charge in [0.2, 0.25) is 0 Å². The number of carbonyl (C=O) groups is 1. The molecule has 1 aromatic carbocycles. The third kappa shape index (κ3) is 3.23. The van der Waals surface area contributed by atoms with Crippen molar-refractivity contribution in [1.82, 2.24) is 0 Å². The van der Waals surface area contributed by atoms with Crippen LogP contribution in [0.15, 0.2) is 24.3 Å². The van der Waals surface area contributed by atoms with Gasteiger partial charge in [-0.3, -0.25) is 4.79 Å². The molecule has 0 bridgehead atoms. The van der Waals surface area contributed by atoms with Gasteiger partial charge < -0.3 is 9.47 Å². The van der Waals surface area contributed by atoms with E-state index in [9.17, 15) is 4.79 Å². The standard InChI is InChI=1S/C11H13BrO3/c1-3-15-11(13)10(12)8-4-6-9(14-2)7-5-8/h4-7,10H,3H2,1-2H3/t10-/m1/s1. The van der Waals surface area contributed by atoms with Crippen molar-refractivity contribution in [3.8, 4) is 5.75 Å². The number of esters is 1. The van der Waals surface area contributed by atoms with Crippen molar-refractivity contribution < 1.29 is 14.3 Å². The maximum atomic E-state index is 11.4. The van der Waals surface area contributed by atoms with Crippen LogP contribution >= 0.6 is 15.9 Å². The lowest BCUT2D eigenvalue weighted by Crippen LogP contribution is -2.10. The molecule has 0 spiro atoms. The Bertz CT molecular complexity index is 321. The van der Waals surface area contributed by atoms with Crippen LogP contribution < -0.4 is 4.74 Å². The van der Waals surface area contributed by atoms with Crippen LogP contribution in [-0.4, -0.2) is 19.7 Å². The SMILES string of the molecule is CCOC(=O)[C@H](Br)c1ccc(OC)cc1. The quantitative estimate of drug-likeness (QED) is 0.625. The molecule has 0 aromatic heterocycles. The van der Waals surface area contributed by atoms with Crippen molar-refractivity contribution in [1.29, 1.82) is 0 Å². The summed E-state index contributed by atoms with van der Waals surface area (Å²) in [5, 5.41) is 0. The van der Waals surface area contributed by atoms with Crippen LogP contribution in [0.2, 0.25) is 0 Å². The third-order valence-corrected chi connectivity index (χ3v) is 2.80. The zero-order chi connectivity index (χ0) is 11.3. The van der Waals surface area contributed by atoms with Crippen LogP contribution in [-0.2, 0) is 9.53 Å². The Morgan fingerprint density at radius 1 is 1.40 bits per heavy atom. The molecule has 0 N–H and O–H groups in total. The lowest BCUT2D eigenvalue weighted by Gasteiger charge is -2.09. The molecule has 4 heteroatoms.